The number of ether oxygens (including phenoxy) is 1. The number of alkyl halides is 3. The predicted octanol–water partition coefficient (Wildman–Crippen LogP) is 4.28. The van der Waals surface area contributed by atoms with Crippen LogP contribution in [0.3, 0.4) is 0 Å². The second-order valence-corrected chi connectivity index (χ2v) is 6.65. The van der Waals surface area contributed by atoms with Gasteiger partial charge in [0, 0.05) is 11.8 Å². The highest BCUT2D eigenvalue weighted by molar-refractivity contribution is 5.90. The normalized spacial score (nSPS) is 12.2. The largest absolute Gasteiger partial charge is 0.461 e. The van der Waals surface area contributed by atoms with E-state index in [1.807, 2.05) is 20.8 Å². The van der Waals surface area contributed by atoms with Gasteiger partial charge in [0.1, 0.15) is 11.6 Å². The van der Waals surface area contributed by atoms with Crippen molar-refractivity contribution in [2.45, 2.75) is 46.3 Å². The lowest BCUT2D eigenvalue weighted by Gasteiger charge is -2.23. The molecule has 0 saturated heterocycles. The first-order chi connectivity index (χ1) is 12.0. The molecule has 2 aromatic heterocycles. The fraction of sp³-hybridized carbons (Fsp3) is 0.471. The summed E-state index contributed by atoms with van der Waals surface area (Å²) < 4.78 is 46.2. The van der Waals surface area contributed by atoms with Gasteiger partial charge in [-0.25, -0.2) is 14.5 Å². The van der Waals surface area contributed by atoms with E-state index in [0.29, 0.717) is 5.56 Å². The van der Waals surface area contributed by atoms with E-state index in [9.17, 15) is 18.0 Å². The molecule has 0 spiro atoms. The quantitative estimate of drug-likeness (QED) is 0.814. The summed E-state index contributed by atoms with van der Waals surface area (Å²) in [5.41, 5.74) is -1.06. The van der Waals surface area contributed by atoms with Crippen molar-refractivity contribution in [1.29, 1.82) is 0 Å². The lowest BCUT2D eigenvalue weighted by atomic mass is 10.1. The number of nitrogens with one attached hydrogen (secondary N) is 1. The van der Waals surface area contributed by atoms with Gasteiger partial charge < -0.3 is 10.1 Å². The summed E-state index contributed by atoms with van der Waals surface area (Å²) in [5.74, 6) is -0.734. The van der Waals surface area contributed by atoms with Crippen molar-refractivity contribution in [3.05, 3.63) is 35.2 Å². The SMILES string of the molecule is CCOC(=O)c1nn(C(C)(C)C)c(Nc2ncccc2C(F)(F)F)c1C. The van der Waals surface area contributed by atoms with Crippen LogP contribution in [0.2, 0.25) is 0 Å². The van der Waals surface area contributed by atoms with E-state index >= 15 is 0 Å². The molecule has 2 rings (SSSR count). The van der Waals surface area contributed by atoms with Gasteiger partial charge in [-0.15, -0.1) is 0 Å². The number of rotatable bonds is 4. The first kappa shape index (κ1) is 19.7. The van der Waals surface area contributed by atoms with Gasteiger partial charge >= 0.3 is 12.1 Å². The lowest BCUT2D eigenvalue weighted by molar-refractivity contribution is -0.137. The highest BCUT2D eigenvalue weighted by Crippen LogP contribution is 2.36. The molecule has 1 N–H and O–H groups in total. The molecule has 26 heavy (non-hydrogen) atoms. The van der Waals surface area contributed by atoms with E-state index in [2.05, 4.69) is 15.4 Å². The van der Waals surface area contributed by atoms with Gasteiger partial charge in [0.25, 0.3) is 0 Å². The Hall–Kier alpha value is -2.58. The maximum absolute atomic E-state index is 13.2. The van der Waals surface area contributed by atoms with Crippen molar-refractivity contribution < 1.29 is 22.7 Å². The summed E-state index contributed by atoms with van der Waals surface area (Å²) in [7, 11) is 0. The number of aromatic nitrogens is 3. The van der Waals surface area contributed by atoms with Gasteiger partial charge in [0.05, 0.1) is 17.7 Å². The van der Waals surface area contributed by atoms with Crippen LogP contribution < -0.4 is 5.32 Å². The average molecular weight is 370 g/mol. The van der Waals surface area contributed by atoms with Crippen LogP contribution in [-0.2, 0) is 16.5 Å². The molecule has 0 atom stereocenters. The smallest absolute Gasteiger partial charge is 0.419 e. The van der Waals surface area contributed by atoms with E-state index < -0.39 is 23.2 Å². The van der Waals surface area contributed by atoms with Crippen LogP contribution in [0, 0.1) is 6.92 Å². The van der Waals surface area contributed by atoms with Crippen molar-refractivity contribution in [2.75, 3.05) is 11.9 Å². The van der Waals surface area contributed by atoms with Crippen molar-refractivity contribution >= 4 is 17.6 Å². The van der Waals surface area contributed by atoms with Gasteiger partial charge in [-0.1, -0.05) is 0 Å². The molecule has 9 heteroatoms. The number of carbonyl (C=O) groups excluding carboxylic acids is 1. The van der Waals surface area contributed by atoms with Crippen LogP contribution in [0.4, 0.5) is 24.8 Å². The van der Waals surface area contributed by atoms with Crippen molar-refractivity contribution in [3.63, 3.8) is 0 Å². The molecular weight excluding hydrogens is 349 g/mol. The maximum Gasteiger partial charge on any atom is 0.419 e. The molecule has 0 aliphatic rings. The Kier molecular flexibility index (Phi) is 5.29. The molecule has 0 aliphatic heterocycles. The Balaban J connectivity index is 2.58. The van der Waals surface area contributed by atoms with E-state index in [-0.39, 0.29) is 23.9 Å². The van der Waals surface area contributed by atoms with Crippen LogP contribution in [0.15, 0.2) is 18.3 Å². The highest BCUT2D eigenvalue weighted by atomic mass is 19.4. The summed E-state index contributed by atoms with van der Waals surface area (Å²) >= 11 is 0. The molecule has 2 heterocycles. The molecule has 2 aromatic rings. The van der Waals surface area contributed by atoms with E-state index in [1.165, 1.54) is 16.9 Å². The minimum Gasteiger partial charge on any atom is -0.461 e. The number of carbonyl (C=O) groups is 1. The molecule has 142 valence electrons. The summed E-state index contributed by atoms with van der Waals surface area (Å²) in [6.07, 6.45) is -3.31. The third kappa shape index (κ3) is 3.97. The van der Waals surface area contributed by atoms with Crippen LogP contribution in [0.25, 0.3) is 0 Å². The zero-order chi connectivity index (χ0) is 19.7. The van der Waals surface area contributed by atoms with Gasteiger partial charge in [0.15, 0.2) is 5.69 Å². The molecule has 0 unspecified atom stereocenters. The van der Waals surface area contributed by atoms with Crippen molar-refractivity contribution in [2.24, 2.45) is 0 Å². The zero-order valence-corrected chi connectivity index (χ0v) is 15.2. The lowest BCUT2D eigenvalue weighted by Crippen LogP contribution is -2.25. The first-order valence-corrected chi connectivity index (χ1v) is 8.03. The average Bonchev–Trinajstić information content (AvgIpc) is 2.84. The number of nitrogens with zero attached hydrogens (tertiary/aromatic N) is 3. The van der Waals surface area contributed by atoms with Crippen LogP contribution in [-0.4, -0.2) is 27.3 Å². The monoisotopic (exact) mass is 370 g/mol. The minimum atomic E-state index is -4.57. The van der Waals surface area contributed by atoms with E-state index in [4.69, 9.17) is 4.74 Å². The molecule has 0 aliphatic carbocycles. The number of hydrogen-bond acceptors (Lipinski definition) is 5. The predicted molar refractivity (Wildman–Crippen MR) is 90.4 cm³/mol. The molecular formula is C17H21F3N4O2. The molecule has 0 amide bonds. The topological polar surface area (TPSA) is 69.0 Å². The van der Waals surface area contributed by atoms with E-state index in [1.54, 1.807) is 13.8 Å². The second-order valence-electron chi connectivity index (χ2n) is 6.65. The number of pyridine rings is 1. The Morgan fingerprint density at radius 3 is 2.50 bits per heavy atom. The Labute approximate surface area is 149 Å². The van der Waals surface area contributed by atoms with Crippen LogP contribution in [0.1, 0.15) is 49.3 Å². The summed E-state index contributed by atoms with van der Waals surface area (Å²) in [5, 5.41) is 6.96. The Bertz CT molecular complexity index is 807. The van der Waals surface area contributed by atoms with Gasteiger partial charge in [-0.2, -0.15) is 18.3 Å². The molecule has 0 bridgehead atoms. The Morgan fingerprint density at radius 2 is 1.96 bits per heavy atom. The van der Waals surface area contributed by atoms with Gasteiger partial charge in [-0.05, 0) is 46.8 Å². The highest BCUT2D eigenvalue weighted by Gasteiger charge is 2.35. The standard InChI is InChI=1S/C17H21F3N4O2/c1-6-26-15(25)12-10(2)14(24(23-12)16(3,4)5)22-13-11(17(18,19)20)8-7-9-21-13/h7-9H,6H2,1-5H3,(H,21,22). The number of hydrogen-bond donors (Lipinski definition) is 1. The second kappa shape index (κ2) is 6.97. The number of anilines is 2. The van der Waals surface area contributed by atoms with Crippen molar-refractivity contribution in [1.82, 2.24) is 14.8 Å². The minimum absolute atomic E-state index is 0.0498. The number of esters is 1. The molecule has 0 fully saturated rings. The fourth-order valence-corrected chi connectivity index (χ4v) is 2.37. The van der Waals surface area contributed by atoms with E-state index in [0.717, 1.165) is 6.07 Å². The van der Waals surface area contributed by atoms with Crippen LogP contribution >= 0.6 is 0 Å². The maximum atomic E-state index is 13.2. The van der Waals surface area contributed by atoms with Crippen molar-refractivity contribution in [3.8, 4) is 0 Å². The fourth-order valence-electron chi connectivity index (χ4n) is 2.37. The molecule has 0 saturated carbocycles. The van der Waals surface area contributed by atoms with Crippen LogP contribution in [0.5, 0.6) is 0 Å². The third-order valence-electron chi connectivity index (χ3n) is 3.58. The number of halogens is 3. The summed E-state index contributed by atoms with van der Waals surface area (Å²) in [6.45, 7) is 8.90. The van der Waals surface area contributed by atoms with Gasteiger partial charge in [-0.3, -0.25) is 0 Å². The molecule has 0 aromatic carbocycles. The Morgan fingerprint density at radius 1 is 1.31 bits per heavy atom. The molecule has 6 nitrogen and oxygen atoms in total. The molecule has 0 radical (unpaired) electrons. The summed E-state index contributed by atoms with van der Waals surface area (Å²) in [4.78, 5) is 15.9. The zero-order valence-electron chi connectivity index (χ0n) is 15.2. The third-order valence-corrected chi connectivity index (χ3v) is 3.58. The summed E-state index contributed by atoms with van der Waals surface area (Å²) in [6, 6.07) is 2.15. The first-order valence-electron chi connectivity index (χ1n) is 8.03. The van der Waals surface area contributed by atoms with Gasteiger partial charge in [0.2, 0.25) is 0 Å².